The fourth-order valence-corrected chi connectivity index (χ4v) is 5.75. The minimum atomic E-state index is -3.74. The van der Waals surface area contributed by atoms with E-state index in [4.69, 9.17) is 4.74 Å². The predicted octanol–water partition coefficient (Wildman–Crippen LogP) is 4.27. The molecule has 0 aliphatic carbocycles. The van der Waals surface area contributed by atoms with Crippen molar-refractivity contribution in [3.05, 3.63) is 53.6 Å². The van der Waals surface area contributed by atoms with Crippen LogP contribution in [0.5, 0.6) is 5.75 Å². The summed E-state index contributed by atoms with van der Waals surface area (Å²) in [6.45, 7) is 3.66. The summed E-state index contributed by atoms with van der Waals surface area (Å²) < 4.78 is 34.3. The van der Waals surface area contributed by atoms with Crippen molar-refractivity contribution in [3.63, 3.8) is 0 Å². The van der Waals surface area contributed by atoms with Gasteiger partial charge in [-0.3, -0.25) is 4.79 Å². The zero-order valence-corrected chi connectivity index (χ0v) is 18.0. The number of carbonyl (C=O) groups excluding carboxylic acids is 1. The van der Waals surface area contributed by atoms with Gasteiger partial charge in [0.1, 0.15) is 5.75 Å². The first kappa shape index (κ1) is 21.3. The lowest BCUT2D eigenvalue weighted by Crippen LogP contribution is -2.35. The number of amides is 1. The maximum absolute atomic E-state index is 13.7. The van der Waals surface area contributed by atoms with Gasteiger partial charge in [-0.15, -0.1) is 0 Å². The second-order valence-electron chi connectivity index (χ2n) is 7.42. The molecule has 0 aromatic heterocycles. The summed E-state index contributed by atoms with van der Waals surface area (Å²) in [5.41, 5.74) is 2.11. The van der Waals surface area contributed by atoms with Crippen LogP contribution < -0.4 is 10.1 Å². The summed E-state index contributed by atoms with van der Waals surface area (Å²) in [6.07, 6.45) is 3.59. The molecule has 0 bridgehead atoms. The number of nitrogens with one attached hydrogen (secondary N) is 1. The van der Waals surface area contributed by atoms with Crippen molar-refractivity contribution in [3.8, 4) is 5.75 Å². The van der Waals surface area contributed by atoms with Gasteiger partial charge in [0, 0.05) is 19.2 Å². The number of hydrogen-bond donors (Lipinski definition) is 1. The number of rotatable bonds is 5. The second-order valence-corrected chi connectivity index (χ2v) is 9.27. The van der Waals surface area contributed by atoms with E-state index in [1.807, 2.05) is 24.3 Å². The Labute approximate surface area is 172 Å². The molecular weight excluding hydrogens is 388 g/mol. The number of nitrogens with zero attached hydrogens (tertiary/aromatic N) is 1. The summed E-state index contributed by atoms with van der Waals surface area (Å²) in [5.74, 6) is 0.513. The van der Waals surface area contributed by atoms with Crippen molar-refractivity contribution in [2.45, 2.75) is 50.5 Å². The number of hydrogen-bond acceptors (Lipinski definition) is 4. The maximum Gasteiger partial charge on any atom is 0.243 e. The number of benzene rings is 2. The molecule has 7 heteroatoms. The lowest BCUT2D eigenvalue weighted by molar-refractivity contribution is -0.114. The number of aryl methyl sites for hydroxylation is 1. The minimum absolute atomic E-state index is 0.225. The second kappa shape index (κ2) is 8.97. The molecule has 1 heterocycles. The highest BCUT2D eigenvalue weighted by molar-refractivity contribution is 7.89. The monoisotopic (exact) mass is 416 g/mol. The highest BCUT2D eigenvalue weighted by atomic mass is 32.2. The minimum Gasteiger partial charge on any atom is -0.497 e. The molecule has 2 aromatic rings. The van der Waals surface area contributed by atoms with Gasteiger partial charge in [-0.2, -0.15) is 4.31 Å². The topological polar surface area (TPSA) is 75.7 Å². The Morgan fingerprint density at radius 3 is 2.48 bits per heavy atom. The van der Waals surface area contributed by atoms with E-state index in [9.17, 15) is 13.2 Å². The van der Waals surface area contributed by atoms with Crippen LogP contribution in [0.25, 0.3) is 0 Å². The van der Waals surface area contributed by atoms with E-state index in [-0.39, 0.29) is 16.8 Å². The van der Waals surface area contributed by atoms with Gasteiger partial charge in [-0.25, -0.2) is 8.42 Å². The summed E-state index contributed by atoms with van der Waals surface area (Å²) in [6, 6.07) is 12.4. The molecule has 156 valence electrons. The third kappa shape index (κ3) is 4.79. The standard InChI is InChI=1S/C22H28N2O4S/c1-16-8-11-19(23-17(2)25)15-22(16)29(26,27)24-14-6-4-5-7-21(24)18-9-12-20(28-3)13-10-18/h8-13,15,21H,4-7,14H2,1-3H3,(H,23,25). The van der Waals surface area contributed by atoms with Crippen LogP contribution in [-0.2, 0) is 14.8 Å². The van der Waals surface area contributed by atoms with Gasteiger partial charge in [0.05, 0.1) is 18.0 Å². The van der Waals surface area contributed by atoms with Gasteiger partial charge in [0.15, 0.2) is 0 Å². The molecule has 1 fully saturated rings. The van der Waals surface area contributed by atoms with Gasteiger partial charge < -0.3 is 10.1 Å². The van der Waals surface area contributed by atoms with E-state index >= 15 is 0 Å². The Bertz CT molecular complexity index is 971. The summed E-state index contributed by atoms with van der Waals surface area (Å²) in [4.78, 5) is 11.7. The molecule has 1 unspecified atom stereocenters. The summed E-state index contributed by atoms with van der Waals surface area (Å²) in [5, 5.41) is 2.68. The van der Waals surface area contributed by atoms with E-state index in [0.29, 0.717) is 17.8 Å². The van der Waals surface area contributed by atoms with Crippen LogP contribution in [0.3, 0.4) is 0 Å². The van der Waals surface area contributed by atoms with Crippen molar-refractivity contribution >= 4 is 21.6 Å². The number of carbonyl (C=O) groups is 1. The number of ether oxygens (including phenoxy) is 1. The average Bonchev–Trinajstić information content (AvgIpc) is 2.95. The Hall–Kier alpha value is -2.38. The lowest BCUT2D eigenvalue weighted by atomic mass is 10.0. The van der Waals surface area contributed by atoms with Crippen LogP contribution in [0.1, 0.15) is 49.8 Å². The van der Waals surface area contributed by atoms with Crippen molar-refractivity contribution < 1.29 is 17.9 Å². The highest BCUT2D eigenvalue weighted by Crippen LogP contribution is 2.36. The third-order valence-electron chi connectivity index (χ3n) is 5.30. The van der Waals surface area contributed by atoms with Crippen molar-refractivity contribution in [1.82, 2.24) is 4.31 Å². The predicted molar refractivity (Wildman–Crippen MR) is 114 cm³/mol. The van der Waals surface area contributed by atoms with Gasteiger partial charge in [0.2, 0.25) is 15.9 Å². The quantitative estimate of drug-likeness (QED) is 0.790. The smallest absolute Gasteiger partial charge is 0.243 e. The molecule has 0 saturated carbocycles. The Balaban J connectivity index is 2.02. The van der Waals surface area contributed by atoms with Crippen LogP contribution in [0.2, 0.25) is 0 Å². The first-order valence-corrected chi connectivity index (χ1v) is 11.3. The lowest BCUT2D eigenvalue weighted by Gasteiger charge is -2.30. The first-order valence-electron chi connectivity index (χ1n) is 9.87. The number of methoxy groups -OCH3 is 1. The van der Waals surface area contributed by atoms with E-state index in [1.165, 1.54) is 6.92 Å². The molecule has 1 N–H and O–H groups in total. The van der Waals surface area contributed by atoms with E-state index in [0.717, 1.165) is 37.0 Å². The molecule has 0 radical (unpaired) electrons. The zero-order chi connectivity index (χ0) is 21.0. The van der Waals surface area contributed by atoms with Gasteiger partial charge in [-0.1, -0.05) is 31.0 Å². The number of anilines is 1. The van der Waals surface area contributed by atoms with Crippen molar-refractivity contribution in [1.29, 1.82) is 0 Å². The van der Waals surface area contributed by atoms with Gasteiger partial charge in [-0.05, 0) is 55.2 Å². The van der Waals surface area contributed by atoms with Crippen molar-refractivity contribution in [2.75, 3.05) is 19.0 Å². The van der Waals surface area contributed by atoms with Crippen LogP contribution in [0.15, 0.2) is 47.4 Å². The van der Waals surface area contributed by atoms with Crippen molar-refractivity contribution in [2.24, 2.45) is 0 Å². The maximum atomic E-state index is 13.7. The van der Waals surface area contributed by atoms with Crippen LogP contribution in [0, 0.1) is 6.92 Å². The van der Waals surface area contributed by atoms with E-state index < -0.39 is 10.0 Å². The summed E-state index contributed by atoms with van der Waals surface area (Å²) >= 11 is 0. The largest absolute Gasteiger partial charge is 0.497 e. The first-order chi connectivity index (χ1) is 13.8. The molecule has 1 saturated heterocycles. The van der Waals surface area contributed by atoms with Gasteiger partial charge in [0.25, 0.3) is 0 Å². The summed E-state index contributed by atoms with van der Waals surface area (Å²) in [7, 11) is -2.12. The Morgan fingerprint density at radius 2 is 1.83 bits per heavy atom. The third-order valence-corrected chi connectivity index (χ3v) is 7.35. The molecule has 1 aliphatic heterocycles. The molecule has 2 aromatic carbocycles. The molecule has 1 atom stereocenters. The zero-order valence-electron chi connectivity index (χ0n) is 17.1. The molecule has 3 rings (SSSR count). The number of sulfonamides is 1. The molecule has 0 spiro atoms. The molecule has 29 heavy (non-hydrogen) atoms. The molecule has 1 aliphatic rings. The van der Waals surface area contributed by atoms with Crippen LogP contribution in [-0.4, -0.2) is 32.3 Å². The molecule has 6 nitrogen and oxygen atoms in total. The highest BCUT2D eigenvalue weighted by Gasteiger charge is 2.34. The molecule has 1 amide bonds. The molecular formula is C22H28N2O4S. The van der Waals surface area contributed by atoms with Gasteiger partial charge >= 0.3 is 0 Å². The Kier molecular flexibility index (Phi) is 6.59. The van der Waals surface area contributed by atoms with E-state index in [2.05, 4.69) is 5.32 Å². The average molecular weight is 417 g/mol. The normalized spacial score (nSPS) is 18.1. The van der Waals surface area contributed by atoms with E-state index in [1.54, 1.807) is 36.5 Å². The fourth-order valence-electron chi connectivity index (χ4n) is 3.81. The SMILES string of the molecule is COc1ccc(C2CCCCCN2S(=O)(=O)c2cc(NC(C)=O)ccc2C)cc1. The Morgan fingerprint density at radius 1 is 1.10 bits per heavy atom. The van der Waals surface area contributed by atoms with Crippen LogP contribution in [0.4, 0.5) is 5.69 Å². The van der Waals surface area contributed by atoms with Crippen LogP contribution >= 0.6 is 0 Å². The fraction of sp³-hybridized carbons (Fsp3) is 0.409.